The van der Waals surface area contributed by atoms with E-state index in [2.05, 4.69) is 21.2 Å². The van der Waals surface area contributed by atoms with Crippen LogP contribution in [0.2, 0.25) is 5.02 Å². The zero-order valence-electron chi connectivity index (χ0n) is 9.02. The second-order valence-electron chi connectivity index (χ2n) is 3.38. The van der Waals surface area contributed by atoms with E-state index >= 15 is 0 Å². The SMILES string of the molecule is O=C(Nc1ccccc1Cl)n1sc(CBr)cc1=O. The van der Waals surface area contributed by atoms with Crippen LogP contribution < -0.4 is 10.9 Å². The molecular formula is C11H8BrClN2O2S. The highest BCUT2D eigenvalue weighted by molar-refractivity contribution is 9.08. The molecule has 4 nitrogen and oxygen atoms in total. The molecule has 1 amide bonds. The van der Waals surface area contributed by atoms with Crippen LogP contribution in [-0.2, 0) is 5.33 Å². The Balaban J connectivity index is 2.25. The van der Waals surface area contributed by atoms with Gasteiger partial charge in [-0.1, -0.05) is 51.2 Å². The maximum Gasteiger partial charge on any atom is 0.342 e. The Morgan fingerprint density at radius 1 is 1.44 bits per heavy atom. The van der Waals surface area contributed by atoms with Gasteiger partial charge in [-0.3, -0.25) is 4.79 Å². The van der Waals surface area contributed by atoms with Crippen LogP contribution in [0.4, 0.5) is 10.5 Å². The summed E-state index contributed by atoms with van der Waals surface area (Å²) in [5.74, 6) is 0. The monoisotopic (exact) mass is 346 g/mol. The molecule has 1 aromatic heterocycles. The summed E-state index contributed by atoms with van der Waals surface area (Å²) in [5, 5.41) is 3.56. The van der Waals surface area contributed by atoms with E-state index in [9.17, 15) is 9.59 Å². The molecular weight excluding hydrogens is 340 g/mol. The van der Waals surface area contributed by atoms with Crippen molar-refractivity contribution in [2.45, 2.75) is 5.33 Å². The Morgan fingerprint density at radius 2 is 2.17 bits per heavy atom. The van der Waals surface area contributed by atoms with Crippen molar-refractivity contribution in [1.82, 2.24) is 3.96 Å². The molecule has 0 aliphatic carbocycles. The van der Waals surface area contributed by atoms with Crippen molar-refractivity contribution in [1.29, 1.82) is 0 Å². The number of alkyl halides is 1. The lowest BCUT2D eigenvalue weighted by Gasteiger charge is -2.05. The number of amides is 1. The quantitative estimate of drug-likeness (QED) is 0.845. The summed E-state index contributed by atoms with van der Waals surface area (Å²) in [5.41, 5.74) is 0.129. The normalized spacial score (nSPS) is 10.3. The van der Waals surface area contributed by atoms with Gasteiger partial charge >= 0.3 is 6.03 Å². The highest BCUT2D eigenvalue weighted by Gasteiger charge is 2.12. The topological polar surface area (TPSA) is 51.1 Å². The van der Waals surface area contributed by atoms with Gasteiger partial charge in [0.2, 0.25) is 0 Å². The average molecular weight is 348 g/mol. The zero-order valence-corrected chi connectivity index (χ0v) is 12.2. The van der Waals surface area contributed by atoms with Gasteiger partial charge in [0.05, 0.1) is 10.7 Å². The number of rotatable bonds is 2. The second-order valence-corrected chi connectivity index (χ2v) is 5.42. The summed E-state index contributed by atoms with van der Waals surface area (Å²) < 4.78 is 1.06. The first kappa shape index (κ1) is 13.3. The first-order valence-electron chi connectivity index (χ1n) is 4.96. The second kappa shape index (κ2) is 5.69. The lowest BCUT2D eigenvalue weighted by Crippen LogP contribution is -2.26. The smallest absolute Gasteiger partial charge is 0.305 e. The molecule has 0 aliphatic heterocycles. The molecule has 1 N–H and O–H groups in total. The number of nitrogens with zero attached hydrogens (tertiary/aromatic N) is 1. The third-order valence-electron chi connectivity index (χ3n) is 2.12. The molecule has 0 fully saturated rings. The van der Waals surface area contributed by atoms with Crippen LogP contribution in [0.25, 0.3) is 0 Å². The van der Waals surface area contributed by atoms with Gasteiger partial charge in [0.1, 0.15) is 0 Å². The predicted molar refractivity (Wildman–Crippen MR) is 77.1 cm³/mol. The minimum atomic E-state index is -0.509. The number of nitrogens with one attached hydrogen (secondary N) is 1. The summed E-state index contributed by atoms with van der Waals surface area (Å²) >= 11 is 10.3. The van der Waals surface area contributed by atoms with Crippen LogP contribution >= 0.6 is 39.1 Å². The van der Waals surface area contributed by atoms with Crippen LogP contribution in [0.5, 0.6) is 0 Å². The molecule has 0 atom stereocenters. The van der Waals surface area contributed by atoms with Crippen molar-refractivity contribution in [2.75, 3.05) is 5.32 Å². The summed E-state index contributed by atoms with van der Waals surface area (Å²) in [6.07, 6.45) is 0. The summed E-state index contributed by atoms with van der Waals surface area (Å²) in [4.78, 5) is 24.3. The Labute approximate surface area is 120 Å². The molecule has 0 saturated carbocycles. The van der Waals surface area contributed by atoms with Gasteiger partial charge in [-0.2, -0.15) is 3.96 Å². The van der Waals surface area contributed by atoms with Gasteiger partial charge in [0.25, 0.3) is 5.56 Å². The zero-order chi connectivity index (χ0) is 13.1. The molecule has 1 heterocycles. The van der Waals surface area contributed by atoms with Crippen molar-refractivity contribution in [3.05, 3.63) is 50.6 Å². The largest absolute Gasteiger partial charge is 0.342 e. The highest BCUT2D eigenvalue weighted by atomic mass is 79.9. The number of hydrogen-bond donors (Lipinski definition) is 1. The van der Waals surface area contributed by atoms with Crippen LogP contribution in [-0.4, -0.2) is 9.99 Å². The Hall–Kier alpha value is -1.11. The lowest BCUT2D eigenvalue weighted by molar-refractivity contribution is 0.255. The standard InChI is InChI=1S/C11H8BrClN2O2S/c12-6-7-5-10(16)15(18-7)11(17)14-9-4-2-1-3-8(9)13/h1-5H,6H2,(H,14,17). The van der Waals surface area contributed by atoms with Gasteiger partial charge in [0.15, 0.2) is 0 Å². The molecule has 0 spiro atoms. The van der Waals surface area contributed by atoms with Crippen LogP contribution in [0.3, 0.4) is 0 Å². The minimum Gasteiger partial charge on any atom is -0.305 e. The molecule has 7 heteroatoms. The molecule has 94 valence electrons. The molecule has 0 radical (unpaired) electrons. The molecule has 0 unspecified atom stereocenters. The van der Waals surface area contributed by atoms with Crippen LogP contribution in [0.1, 0.15) is 4.88 Å². The molecule has 0 aliphatic rings. The Bertz CT molecular complexity index is 638. The number of anilines is 1. The number of carbonyl (C=O) groups is 1. The highest BCUT2D eigenvalue weighted by Crippen LogP contribution is 2.20. The minimum absolute atomic E-state index is 0.348. The fourth-order valence-electron chi connectivity index (χ4n) is 1.32. The molecule has 1 aromatic carbocycles. The maximum atomic E-state index is 11.9. The number of halogens is 2. The van der Waals surface area contributed by atoms with E-state index in [0.717, 1.165) is 20.4 Å². The summed E-state index contributed by atoms with van der Waals surface area (Å²) in [7, 11) is 0. The van der Waals surface area contributed by atoms with E-state index in [4.69, 9.17) is 11.6 Å². The van der Waals surface area contributed by atoms with Crippen molar-refractivity contribution in [3.63, 3.8) is 0 Å². The number of aromatic nitrogens is 1. The van der Waals surface area contributed by atoms with Gasteiger partial charge in [-0.15, -0.1) is 0 Å². The van der Waals surface area contributed by atoms with E-state index in [1.807, 2.05) is 0 Å². The Morgan fingerprint density at radius 3 is 2.78 bits per heavy atom. The first-order valence-corrected chi connectivity index (χ1v) is 7.23. The fourth-order valence-corrected chi connectivity index (χ4v) is 2.68. The van der Waals surface area contributed by atoms with Crippen molar-refractivity contribution < 1.29 is 4.79 Å². The van der Waals surface area contributed by atoms with Gasteiger partial charge in [-0.25, -0.2) is 4.79 Å². The van der Waals surface area contributed by atoms with Gasteiger partial charge < -0.3 is 5.32 Å². The number of carbonyl (C=O) groups excluding carboxylic acids is 1. The van der Waals surface area contributed by atoms with Crippen LogP contribution in [0.15, 0.2) is 35.1 Å². The lowest BCUT2D eigenvalue weighted by atomic mass is 10.3. The van der Waals surface area contributed by atoms with E-state index < -0.39 is 6.03 Å². The fraction of sp³-hybridized carbons (Fsp3) is 0.0909. The third-order valence-corrected chi connectivity index (χ3v) is 4.45. The summed E-state index contributed by atoms with van der Waals surface area (Å²) in [6, 6.07) is 7.76. The van der Waals surface area contributed by atoms with E-state index in [1.165, 1.54) is 6.07 Å². The van der Waals surface area contributed by atoms with Gasteiger partial charge in [-0.05, 0) is 12.1 Å². The van der Waals surface area contributed by atoms with Crippen molar-refractivity contribution >= 4 is 50.8 Å². The van der Waals surface area contributed by atoms with Crippen molar-refractivity contribution in [3.8, 4) is 0 Å². The van der Waals surface area contributed by atoms with Gasteiger partial charge in [0, 0.05) is 16.3 Å². The number of para-hydroxylation sites is 1. The molecule has 2 rings (SSSR count). The van der Waals surface area contributed by atoms with E-state index in [0.29, 0.717) is 16.0 Å². The number of benzene rings is 1. The average Bonchev–Trinajstić information content (AvgIpc) is 2.73. The molecule has 18 heavy (non-hydrogen) atoms. The molecule has 2 aromatic rings. The third kappa shape index (κ3) is 2.82. The summed E-state index contributed by atoms with van der Waals surface area (Å²) in [6.45, 7) is 0. The molecule has 0 saturated heterocycles. The maximum absolute atomic E-state index is 11.9. The van der Waals surface area contributed by atoms with Crippen molar-refractivity contribution in [2.24, 2.45) is 0 Å². The Kier molecular flexibility index (Phi) is 4.21. The predicted octanol–water partition coefficient (Wildman–Crippen LogP) is 3.54. The van der Waals surface area contributed by atoms with E-state index in [-0.39, 0.29) is 5.56 Å². The first-order chi connectivity index (χ1) is 8.61. The number of hydrogen-bond acceptors (Lipinski definition) is 3. The molecule has 0 bridgehead atoms. The van der Waals surface area contributed by atoms with E-state index in [1.54, 1.807) is 24.3 Å². The van der Waals surface area contributed by atoms with Crippen LogP contribution in [0, 0.1) is 0 Å².